The maximum Gasteiger partial charge on any atom is 0.410 e. The average Bonchev–Trinajstić information content (AvgIpc) is 2.60. The molecule has 1 fully saturated rings. The van der Waals surface area contributed by atoms with E-state index in [1.807, 2.05) is 20.8 Å². The van der Waals surface area contributed by atoms with E-state index in [1.165, 1.54) is 6.92 Å². The van der Waals surface area contributed by atoms with Gasteiger partial charge in [-0.05, 0) is 39.0 Å². The van der Waals surface area contributed by atoms with Crippen LogP contribution in [0.5, 0.6) is 0 Å². The second-order valence-electron chi connectivity index (χ2n) is 7.83. The van der Waals surface area contributed by atoms with Crippen molar-refractivity contribution in [3.63, 3.8) is 0 Å². The Morgan fingerprint density at radius 2 is 1.79 bits per heavy atom. The lowest BCUT2D eigenvalue weighted by Gasteiger charge is -2.35. The number of benzene rings is 1. The molecule has 2 N–H and O–H groups in total. The molecule has 0 aliphatic carbocycles. The third kappa shape index (κ3) is 7.19. The minimum atomic E-state index is -0.490. The minimum absolute atomic E-state index is 0.178. The lowest BCUT2D eigenvalue weighted by atomic mass is 10.2. The number of ether oxygens (including phenoxy) is 1. The highest BCUT2D eigenvalue weighted by atomic mass is 16.6. The molecule has 3 amide bonds. The molecule has 2 rings (SSSR count). The number of amides is 3. The zero-order valence-electron chi connectivity index (χ0n) is 17.1. The van der Waals surface area contributed by atoms with Crippen molar-refractivity contribution >= 4 is 23.6 Å². The second-order valence-corrected chi connectivity index (χ2v) is 7.83. The van der Waals surface area contributed by atoms with Gasteiger partial charge in [-0.1, -0.05) is 6.07 Å². The predicted octanol–water partition coefficient (Wildman–Crippen LogP) is 1.93. The van der Waals surface area contributed by atoms with Gasteiger partial charge < -0.3 is 20.3 Å². The Hall–Kier alpha value is -2.61. The zero-order valence-corrected chi connectivity index (χ0v) is 17.1. The fourth-order valence-electron chi connectivity index (χ4n) is 2.85. The molecule has 0 radical (unpaired) electrons. The predicted molar refractivity (Wildman–Crippen MR) is 107 cm³/mol. The summed E-state index contributed by atoms with van der Waals surface area (Å²) in [5, 5.41) is 5.56. The van der Waals surface area contributed by atoms with Crippen molar-refractivity contribution < 1.29 is 19.1 Å². The number of hydrogen-bond acceptors (Lipinski definition) is 5. The van der Waals surface area contributed by atoms with Gasteiger partial charge in [0.1, 0.15) is 5.60 Å². The summed E-state index contributed by atoms with van der Waals surface area (Å²) in [7, 11) is 0. The van der Waals surface area contributed by atoms with Gasteiger partial charge in [-0.3, -0.25) is 14.5 Å². The molecule has 1 aromatic carbocycles. The molecule has 8 nitrogen and oxygen atoms in total. The highest BCUT2D eigenvalue weighted by Crippen LogP contribution is 2.12. The molecule has 1 saturated heterocycles. The summed E-state index contributed by atoms with van der Waals surface area (Å²) in [6.45, 7) is 10.9. The fourth-order valence-corrected chi connectivity index (χ4v) is 2.85. The van der Waals surface area contributed by atoms with Crippen LogP contribution in [0.1, 0.15) is 38.1 Å². The van der Waals surface area contributed by atoms with Crippen molar-refractivity contribution in [2.45, 2.75) is 33.3 Å². The SMILES string of the molecule is CC(=O)Nc1cccc(C(=O)NCCN2CCN(C(=O)OC(C)(C)C)CC2)c1. The quantitative estimate of drug-likeness (QED) is 0.802. The first-order chi connectivity index (χ1) is 13.1. The highest BCUT2D eigenvalue weighted by Gasteiger charge is 2.25. The summed E-state index contributed by atoms with van der Waals surface area (Å²) < 4.78 is 5.39. The van der Waals surface area contributed by atoms with Crippen LogP contribution in [-0.4, -0.2) is 72.6 Å². The van der Waals surface area contributed by atoms with E-state index < -0.39 is 5.60 Å². The number of piperazine rings is 1. The second kappa shape index (κ2) is 9.54. The molecule has 154 valence electrons. The average molecular weight is 390 g/mol. The van der Waals surface area contributed by atoms with E-state index in [9.17, 15) is 14.4 Å². The minimum Gasteiger partial charge on any atom is -0.444 e. The van der Waals surface area contributed by atoms with Gasteiger partial charge in [0.15, 0.2) is 0 Å². The molecule has 0 aromatic heterocycles. The Labute approximate surface area is 166 Å². The largest absolute Gasteiger partial charge is 0.444 e. The molecule has 0 spiro atoms. The van der Waals surface area contributed by atoms with Crippen LogP contribution in [0.3, 0.4) is 0 Å². The maximum atomic E-state index is 12.3. The summed E-state index contributed by atoms with van der Waals surface area (Å²) in [5.74, 6) is -0.359. The fraction of sp³-hybridized carbons (Fsp3) is 0.550. The first-order valence-corrected chi connectivity index (χ1v) is 9.50. The van der Waals surface area contributed by atoms with Gasteiger partial charge in [0.2, 0.25) is 5.91 Å². The molecule has 1 aliphatic rings. The third-order valence-corrected chi connectivity index (χ3v) is 4.18. The molecule has 0 unspecified atom stereocenters. The first kappa shape index (κ1) is 21.7. The number of nitrogens with one attached hydrogen (secondary N) is 2. The van der Waals surface area contributed by atoms with Crippen LogP contribution in [0.15, 0.2) is 24.3 Å². The summed E-state index contributed by atoms with van der Waals surface area (Å²) in [6, 6.07) is 6.83. The van der Waals surface area contributed by atoms with Gasteiger partial charge in [0.25, 0.3) is 5.91 Å². The number of anilines is 1. The van der Waals surface area contributed by atoms with Crippen molar-refractivity contribution in [3.8, 4) is 0 Å². The van der Waals surface area contributed by atoms with Gasteiger partial charge in [-0.15, -0.1) is 0 Å². The van der Waals surface area contributed by atoms with Crippen LogP contribution in [-0.2, 0) is 9.53 Å². The zero-order chi connectivity index (χ0) is 20.7. The van der Waals surface area contributed by atoms with E-state index in [-0.39, 0.29) is 17.9 Å². The molecule has 1 aliphatic heterocycles. The van der Waals surface area contributed by atoms with Crippen molar-refractivity contribution in [2.24, 2.45) is 0 Å². The first-order valence-electron chi connectivity index (χ1n) is 9.50. The molecule has 0 atom stereocenters. The Morgan fingerprint density at radius 3 is 2.39 bits per heavy atom. The molecule has 8 heteroatoms. The van der Waals surface area contributed by atoms with Crippen LogP contribution in [0.2, 0.25) is 0 Å². The summed E-state index contributed by atoms with van der Waals surface area (Å²) in [5.41, 5.74) is 0.606. The molecule has 1 heterocycles. The Balaban J connectivity index is 1.72. The number of rotatable bonds is 5. The summed E-state index contributed by atoms with van der Waals surface area (Å²) in [4.78, 5) is 39.4. The van der Waals surface area contributed by atoms with Crippen LogP contribution in [0.25, 0.3) is 0 Å². The topological polar surface area (TPSA) is 91.0 Å². The molecule has 0 bridgehead atoms. The number of nitrogens with zero attached hydrogens (tertiary/aromatic N) is 2. The maximum absolute atomic E-state index is 12.3. The van der Waals surface area contributed by atoms with Crippen molar-refractivity contribution in [3.05, 3.63) is 29.8 Å². The number of hydrogen-bond donors (Lipinski definition) is 2. The van der Waals surface area contributed by atoms with Crippen molar-refractivity contribution in [1.29, 1.82) is 0 Å². The van der Waals surface area contributed by atoms with E-state index >= 15 is 0 Å². The smallest absolute Gasteiger partial charge is 0.410 e. The van der Waals surface area contributed by atoms with E-state index in [0.29, 0.717) is 37.4 Å². The molecular formula is C20H30N4O4. The molecular weight excluding hydrogens is 360 g/mol. The Bertz CT molecular complexity index is 706. The van der Waals surface area contributed by atoms with E-state index in [2.05, 4.69) is 15.5 Å². The monoisotopic (exact) mass is 390 g/mol. The van der Waals surface area contributed by atoms with E-state index in [1.54, 1.807) is 29.2 Å². The van der Waals surface area contributed by atoms with Crippen molar-refractivity contribution in [2.75, 3.05) is 44.6 Å². The Kier molecular flexibility index (Phi) is 7.39. The van der Waals surface area contributed by atoms with Gasteiger partial charge >= 0.3 is 6.09 Å². The third-order valence-electron chi connectivity index (χ3n) is 4.18. The number of carbonyl (C=O) groups is 3. The lowest BCUT2D eigenvalue weighted by Crippen LogP contribution is -2.51. The van der Waals surface area contributed by atoms with Crippen LogP contribution < -0.4 is 10.6 Å². The normalized spacial score (nSPS) is 15.1. The summed E-state index contributed by atoms with van der Waals surface area (Å²) in [6.07, 6.45) is -0.278. The van der Waals surface area contributed by atoms with Gasteiger partial charge in [0, 0.05) is 57.4 Å². The standard InChI is InChI=1S/C20H30N4O4/c1-15(25)22-17-7-5-6-16(14-17)18(26)21-8-9-23-10-12-24(13-11-23)19(27)28-20(2,3)4/h5-7,14H,8-13H2,1-4H3,(H,21,26)(H,22,25). The number of carbonyl (C=O) groups excluding carboxylic acids is 3. The van der Waals surface area contributed by atoms with E-state index in [4.69, 9.17) is 4.74 Å². The van der Waals surface area contributed by atoms with Crippen LogP contribution in [0, 0.1) is 0 Å². The highest BCUT2D eigenvalue weighted by molar-refractivity contribution is 5.96. The van der Waals surface area contributed by atoms with Crippen LogP contribution >= 0.6 is 0 Å². The molecule has 1 aromatic rings. The summed E-state index contributed by atoms with van der Waals surface area (Å²) >= 11 is 0. The van der Waals surface area contributed by atoms with E-state index in [0.717, 1.165) is 13.1 Å². The molecule has 28 heavy (non-hydrogen) atoms. The Morgan fingerprint density at radius 1 is 1.11 bits per heavy atom. The van der Waals surface area contributed by atoms with Crippen molar-refractivity contribution in [1.82, 2.24) is 15.1 Å². The van der Waals surface area contributed by atoms with Gasteiger partial charge in [0.05, 0.1) is 0 Å². The van der Waals surface area contributed by atoms with Gasteiger partial charge in [-0.25, -0.2) is 4.79 Å². The molecule has 0 saturated carbocycles. The van der Waals surface area contributed by atoms with Gasteiger partial charge in [-0.2, -0.15) is 0 Å². The lowest BCUT2D eigenvalue weighted by molar-refractivity contribution is -0.114. The van der Waals surface area contributed by atoms with Crippen LogP contribution in [0.4, 0.5) is 10.5 Å².